The zero-order valence-electron chi connectivity index (χ0n) is 21.9. The smallest absolute Gasteiger partial charge is 0.278 e. The summed E-state index contributed by atoms with van der Waals surface area (Å²) >= 11 is 0. The van der Waals surface area contributed by atoms with Gasteiger partial charge in [-0.1, -0.05) is 78.9 Å². The van der Waals surface area contributed by atoms with E-state index < -0.39 is 23.5 Å². The van der Waals surface area contributed by atoms with Crippen LogP contribution in [-0.4, -0.2) is 34.8 Å². The van der Waals surface area contributed by atoms with Gasteiger partial charge in [0.05, 0.1) is 0 Å². The Kier molecular flexibility index (Phi) is 6.82. The molecule has 3 aromatic carbocycles. The molecule has 0 unspecified atom stereocenters. The fraction of sp³-hybridized carbons (Fsp3) is 0.188. The van der Waals surface area contributed by atoms with E-state index in [1.54, 1.807) is 27.9 Å². The molecule has 0 aliphatic carbocycles. The molecule has 4 aromatic rings. The van der Waals surface area contributed by atoms with Gasteiger partial charge in [0.1, 0.15) is 25.4 Å². The molecule has 2 aliphatic heterocycles. The van der Waals surface area contributed by atoms with Crippen molar-refractivity contribution in [1.82, 2.24) is 9.58 Å². The second kappa shape index (κ2) is 10.7. The maximum Gasteiger partial charge on any atom is 0.278 e. The van der Waals surface area contributed by atoms with Gasteiger partial charge in [0, 0.05) is 24.4 Å². The number of carbonyl (C=O) groups excluding carboxylic acids is 1. The van der Waals surface area contributed by atoms with E-state index in [1.165, 1.54) is 12.1 Å². The summed E-state index contributed by atoms with van der Waals surface area (Å²) in [6.07, 6.45) is 4.69. The molecule has 2 bridgehead atoms. The van der Waals surface area contributed by atoms with Crippen molar-refractivity contribution in [2.45, 2.75) is 25.7 Å². The Bertz CT molecular complexity index is 1620. The standard InChI is InChI=1S/C32H28FN3O4/c1-22-34-18-8-9-20-39-30-25(15-10-16-26(30)33)28(24-13-6-3-7-14-24)36(22)35-19-17-27(37)31(29(35)32(34)38)40-21-23-11-4-2-5-12-23/h2-17,19,22,28H,18,20-21H2,1H3/b9-8+/t22-,28-/m1/s1. The molecule has 0 saturated heterocycles. The third-order valence-corrected chi connectivity index (χ3v) is 7.27. The molecule has 0 N–H and O–H groups in total. The SMILES string of the molecule is C[C@@H]1N2C/C=C/COc3c(F)cccc3[C@@H](c3ccccc3)N1n1ccc(=O)c(OCc3ccccc3)c1C2=O. The lowest BCUT2D eigenvalue weighted by Crippen LogP contribution is -2.61. The summed E-state index contributed by atoms with van der Waals surface area (Å²) in [5, 5.41) is 1.97. The molecule has 0 spiro atoms. The molecule has 2 aliphatic rings. The topological polar surface area (TPSA) is 64.0 Å². The van der Waals surface area contributed by atoms with Crippen LogP contribution in [0.3, 0.4) is 0 Å². The number of nitrogens with zero attached hydrogens (tertiary/aromatic N) is 3. The van der Waals surface area contributed by atoms with Gasteiger partial charge in [-0.15, -0.1) is 0 Å². The van der Waals surface area contributed by atoms with Crippen LogP contribution in [0.25, 0.3) is 0 Å². The predicted octanol–water partition coefficient (Wildman–Crippen LogP) is 5.04. The van der Waals surface area contributed by atoms with E-state index in [4.69, 9.17) is 9.47 Å². The second-order valence-electron chi connectivity index (χ2n) is 9.70. The minimum absolute atomic E-state index is 0.0281. The predicted molar refractivity (Wildman–Crippen MR) is 150 cm³/mol. The number of pyridine rings is 1. The normalized spacial score (nSPS) is 19.1. The molecule has 7 nitrogen and oxygen atoms in total. The molecule has 6 rings (SSSR count). The number of hydrogen-bond acceptors (Lipinski definition) is 5. The number of halogens is 1. The van der Waals surface area contributed by atoms with Crippen molar-refractivity contribution in [3.05, 3.63) is 142 Å². The number of amides is 1. The van der Waals surface area contributed by atoms with Crippen molar-refractivity contribution in [3.63, 3.8) is 0 Å². The molecule has 0 saturated carbocycles. The van der Waals surface area contributed by atoms with Crippen molar-refractivity contribution < 1.29 is 18.7 Å². The largest absolute Gasteiger partial charge is 0.486 e. The monoisotopic (exact) mass is 537 g/mol. The molecule has 2 atom stereocenters. The van der Waals surface area contributed by atoms with Crippen molar-refractivity contribution >= 4 is 5.91 Å². The van der Waals surface area contributed by atoms with Gasteiger partial charge >= 0.3 is 0 Å². The Morgan fingerprint density at radius 2 is 1.68 bits per heavy atom. The van der Waals surface area contributed by atoms with Crippen LogP contribution >= 0.6 is 0 Å². The van der Waals surface area contributed by atoms with E-state index in [9.17, 15) is 9.59 Å². The number of carbonyl (C=O) groups is 1. The zero-order chi connectivity index (χ0) is 27.6. The van der Waals surface area contributed by atoms with E-state index in [0.29, 0.717) is 5.56 Å². The minimum atomic E-state index is -0.571. The maximum atomic E-state index is 15.3. The summed E-state index contributed by atoms with van der Waals surface area (Å²) in [6, 6.07) is 24.8. The highest BCUT2D eigenvalue weighted by molar-refractivity contribution is 5.96. The van der Waals surface area contributed by atoms with Crippen molar-refractivity contribution in [2.24, 2.45) is 0 Å². The Morgan fingerprint density at radius 3 is 2.45 bits per heavy atom. The molecule has 8 heteroatoms. The average molecular weight is 538 g/mol. The van der Waals surface area contributed by atoms with Crippen LogP contribution in [0.1, 0.15) is 40.1 Å². The number of ether oxygens (including phenoxy) is 2. The molecule has 1 aromatic heterocycles. The first kappa shape index (κ1) is 25.4. The summed E-state index contributed by atoms with van der Waals surface area (Å²) in [7, 11) is 0. The van der Waals surface area contributed by atoms with E-state index in [2.05, 4.69) is 0 Å². The van der Waals surface area contributed by atoms with E-state index >= 15 is 4.39 Å². The first-order valence-corrected chi connectivity index (χ1v) is 13.2. The van der Waals surface area contributed by atoms with Crippen LogP contribution in [0.5, 0.6) is 11.5 Å². The van der Waals surface area contributed by atoms with E-state index in [0.717, 1.165) is 11.1 Å². The Hall–Kier alpha value is -4.85. The lowest BCUT2D eigenvalue weighted by molar-refractivity contribution is 0.0601. The van der Waals surface area contributed by atoms with Gasteiger partial charge in [-0.25, -0.2) is 4.39 Å². The highest BCUT2D eigenvalue weighted by atomic mass is 19.1. The lowest BCUT2D eigenvalue weighted by Gasteiger charge is -2.48. The van der Waals surface area contributed by atoms with Gasteiger partial charge in [-0.2, -0.15) is 0 Å². The zero-order valence-corrected chi connectivity index (χ0v) is 21.9. The quantitative estimate of drug-likeness (QED) is 0.341. The van der Waals surface area contributed by atoms with Crippen LogP contribution in [0, 0.1) is 5.82 Å². The molecular weight excluding hydrogens is 509 g/mol. The first-order chi connectivity index (χ1) is 19.5. The fourth-order valence-corrected chi connectivity index (χ4v) is 5.36. The van der Waals surface area contributed by atoms with Crippen LogP contribution in [0.15, 0.2) is 108 Å². The second-order valence-corrected chi connectivity index (χ2v) is 9.70. The van der Waals surface area contributed by atoms with E-state index in [-0.39, 0.29) is 42.9 Å². The molecule has 3 heterocycles. The average Bonchev–Trinajstić information content (AvgIpc) is 2.99. The first-order valence-electron chi connectivity index (χ1n) is 13.2. The maximum absolute atomic E-state index is 15.3. The summed E-state index contributed by atoms with van der Waals surface area (Å²) in [5.41, 5.74) is 2.05. The molecule has 0 radical (unpaired) electrons. The molecule has 0 fully saturated rings. The third kappa shape index (κ3) is 4.51. The van der Waals surface area contributed by atoms with Crippen LogP contribution < -0.4 is 19.9 Å². The highest BCUT2D eigenvalue weighted by Crippen LogP contribution is 2.40. The van der Waals surface area contributed by atoms with Crippen molar-refractivity contribution in [2.75, 3.05) is 18.2 Å². The van der Waals surface area contributed by atoms with Crippen LogP contribution in [0.4, 0.5) is 4.39 Å². The molecule has 1 amide bonds. The number of para-hydroxylation sites is 1. The summed E-state index contributed by atoms with van der Waals surface area (Å²) in [4.78, 5) is 28.9. The molecule has 202 valence electrons. The third-order valence-electron chi connectivity index (χ3n) is 7.27. The van der Waals surface area contributed by atoms with Crippen LogP contribution in [-0.2, 0) is 6.61 Å². The summed E-state index contributed by atoms with van der Waals surface area (Å²) in [6.45, 7) is 2.45. The molecule has 40 heavy (non-hydrogen) atoms. The van der Waals surface area contributed by atoms with E-state index in [1.807, 2.05) is 84.7 Å². The Balaban J connectivity index is 1.59. The Labute approximate surface area is 231 Å². The van der Waals surface area contributed by atoms with Gasteiger partial charge in [0.2, 0.25) is 5.43 Å². The lowest BCUT2D eigenvalue weighted by atomic mass is 9.96. The fourth-order valence-electron chi connectivity index (χ4n) is 5.36. The highest BCUT2D eigenvalue weighted by Gasteiger charge is 2.42. The van der Waals surface area contributed by atoms with Gasteiger partial charge < -0.3 is 14.4 Å². The number of rotatable bonds is 4. The number of benzene rings is 3. The number of aromatic nitrogens is 1. The van der Waals surface area contributed by atoms with Gasteiger partial charge in [0.15, 0.2) is 23.0 Å². The molecular formula is C32H28FN3O4. The minimum Gasteiger partial charge on any atom is -0.486 e. The van der Waals surface area contributed by atoms with Gasteiger partial charge in [-0.05, 0) is 30.2 Å². The van der Waals surface area contributed by atoms with Gasteiger partial charge in [0.25, 0.3) is 5.91 Å². The van der Waals surface area contributed by atoms with Crippen molar-refractivity contribution in [1.29, 1.82) is 0 Å². The number of hydrogen-bond donors (Lipinski definition) is 0. The Morgan fingerprint density at radius 1 is 0.925 bits per heavy atom. The number of fused-ring (bicyclic) bond motifs is 5. The van der Waals surface area contributed by atoms with Crippen molar-refractivity contribution in [3.8, 4) is 11.5 Å². The summed E-state index contributed by atoms with van der Waals surface area (Å²) in [5.74, 6) is -0.697. The summed E-state index contributed by atoms with van der Waals surface area (Å²) < 4.78 is 29.0. The van der Waals surface area contributed by atoms with Gasteiger partial charge in [-0.3, -0.25) is 19.3 Å². The van der Waals surface area contributed by atoms with Crippen LogP contribution in [0.2, 0.25) is 0 Å².